The maximum absolute atomic E-state index is 13.7. The Hall–Kier alpha value is -1.50. The highest BCUT2D eigenvalue weighted by atomic mass is 79.9. The van der Waals surface area contributed by atoms with Gasteiger partial charge in [0.1, 0.15) is 17.2 Å². The standard InChI is InChI=1S/C13H12BrF2NO3/c14-8-4-9(15)11(10(16)5-8)12(18)17-3-1-2-7(6-17)13(19)20/h4-5,7H,1-3,6H2,(H,19,20)/t7-/m0/s1. The second kappa shape index (κ2) is 5.87. The zero-order chi connectivity index (χ0) is 14.9. The summed E-state index contributed by atoms with van der Waals surface area (Å²) in [7, 11) is 0. The highest BCUT2D eigenvalue weighted by Crippen LogP contribution is 2.24. The number of benzene rings is 1. The molecule has 1 fully saturated rings. The maximum atomic E-state index is 13.7. The van der Waals surface area contributed by atoms with Crippen LogP contribution in [-0.2, 0) is 4.79 Å². The molecule has 4 nitrogen and oxygen atoms in total. The molecular weight excluding hydrogens is 336 g/mol. The summed E-state index contributed by atoms with van der Waals surface area (Å²) >= 11 is 2.94. The third-order valence-corrected chi connectivity index (χ3v) is 3.74. The molecule has 1 heterocycles. The van der Waals surface area contributed by atoms with Crippen molar-refractivity contribution < 1.29 is 23.5 Å². The SMILES string of the molecule is O=C(O)[C@H]1CCCN(C(=O)c2c(F)cc(Br)cc2F)C1. The van der Waals surface area contributed by atoms with Gasteiger partial charge in [-0.05, 0) is 25.0 Å². The lowest BCUT2D eigenvalue weighted by atomic mass is 9.97. The summed E-state index contributed by atoms with van der Waals surface area (Å²) in [6.07, 6.45) is 0.965. The van der Waals surface area contributed by atoms with E-state index >= 15 is 0 Å². The number of nitrogens with zero attached hydrogens (tertiary/aromatic N) is 1. The molecule has 0 radical (unpaired) electrons. The van der Waals surface area contributed by atoms with E-state index in [0.29, 0.717) is 19.4 Å². The monoisotopic (exact) mass is 347 g/mol. The van der Waals surface area contributed by atoms with Gasteiger partial charge in [-0.2, -0.15) is 0 Å². The Bertz CT molecular complexity index is 542. The van der Waals surface area contributed by atoms with Gasteiger partial charge in [-0.25, -0.2) is 8.78 Å². The number of hydrogen-bond acceptors (Lipinski definition) is 2. The largest absolute Gasteiger partial charge is 0.481 e. The fourth-order valence-electron chi connectivity index (χ4n) is 2.27. The van der Waals surface area contributed by atoms with Crippen LogP contribution in [0.4, 0.5) is 8.78 Å². The summed E-state index contributed by atoms with van der Waals surface area (Å²) in [6, 6.07) is 2.02. The minimum atomic E-state index is -1.00. The van der Waals surface area contributed by atoms with Crippen LogP contribution in [0.2, 0.25) is 0 Å². The van der Waals surface area contributed by atoms with Crippen molar-refractivity contribution >= 4 is 27.8 Å². The van der Waals surface area contributed by atoms with Crippen LogP contribution in [0.5, 0.6) is 0 Å². The third-order valence-electron chi connectivity index (χ3n) is 3.28. The second-order valence-electron chi connectivity index (χ2n) is 4.67. The van der Waals surface area contributed by atoms with E-state index in [1.54, 1.807) is 0 Å². The van der Waals surface area contributed by atoms with Gasteiger partial charge in [0, 0.05) is 17.6 Å². The summed E-state index contributed by atoms with van der Waals surface area (Å²) in [5.41, 5.74) is -0.640. The summed E-state index contributed by atoms with van der Waals surface area (Å²) in [5.74, 6) is -4.41. The lowest BCUT2D eigenvalue weighted by Gasteiger charge is -2.30. The lowest BCUT2D eigenvalue weighted by Crippen LogP contribution is -2.42. The van der Waals surface area contributed by atoms with Crippen LogP contribution in [0, 0.1) is 17.6 Å². The minimum Gasteiger partial charge on any atom is -0.481 e. The fourth-order valence-corrected chi connectivity index (χ4v) is 2.67. The Balaban J connectivity index is 2.25. The predicted molar refractivity (Wildman–Crippen MR) is 70.3 cm³/mol. The maximum Gasteiger partial charge on any atom is 0.308 e. The summed E-state index contributed by atoms with van der Waals surface area (Å²) in [5, 5.41) is 8.96. The van der Waals surface area contributed by atoms with Crippen LogP contribution >= 0.6 is 15.9 Å². The number of carbonyl (C=O) groups excluding carboxylic acids is 1. The van der Waals surface area contributed by atoms with Gasteiger partial charge in [-0.15, -0.1) is 0 Å². The first-order chi connectivity index (χ1) is 9.40. The summed E-state index contributed by atoms with van der Waals surface area (Å²) in [4.78, 5) is 24.3. The molecule has 1 saturated heterocycles. The van der Waals surface area contributed by atoms with E-state index in [9.17, 15) is 18.4 Å². The molecular formula is C13H12BrF2NO3. The normalized spacial score (nSPS) is 18.9. The number of aliphatic carboxylic acids is 1. The Morgan fingerprint density at radius 3 is 2.45 bits per heavy atom. The number of carbonyl (C=O) groups is 2. The molecule has 7 heteroatoms. The molecule has 1 amide bonds. The van der Waals surface area contributed by atoms with Crippen molar-refractivity contribution in [3.05, 3.63) is 33.8 Å². The molecule has 2 rings (SSSR count). The van der Waals surface area contributed by atoms with E-state index in [1.165, 1.54) is 4.90 Å². The number of carboxylic acid groups (broad SMARTS) is 1. The first-order valence-corrected chi connectivity index (χ1v) is 6.86. The number of halogens is 3. The van der Waals surface area contributed by atoms with E-state index in [2.05, 4.69) is 15.9 Å². The van der Waals surface area contributed by atoms with Gasteiger partial charge >= 0.3 is 5.97 Å². The zero-order valence-electron chi connectivity index (χ0n) is 10.4. The number of rotatable bonds is 2. The second-order valence-corrected chi connectivity index (χ2v) is 5.59. The lowest BCUT2D eigenvalue weighted by molar-refractivity contribution is -0.143. The summed E-state index contributed by atoms with van der Waals surface area (Å²) in [6.45, 7) is 0.278. The third kappa shape index (κ3) is 2.98. The Labute approximate surface area is 122 Å². The Kier molecular flexibility index (Phi) is 4.37. The van der Waals surface area contributed by atoms with Crippen molar-refractivity contribution in [2.75, 3.05) is 13.1 Å². The first-order valence-electron chi connectivity index (χ1n) is 6.06. The van der Waals surface area contributed by atoms with Crippen molar-refractivity contribution in [1.82, 2.24) is 4.90 Å². The minimum absolute atomic E-state index is 0.0247. The number of hydrogen-bond donors (Lipinski definition) is 1. The molecule has 0 aromatic heterocycles. The van der Waals surface area contributed by atoms with Gasteiger partial charge in [0.2, 0.25) is 0 Å². The number of carboxylic acids is 1. The average molecular weight is 348 g/mol. The van der Waals surface area contributed by atoms with E-state index in [-0.39, 0.29) is 11.0 Å². The molecule has 0 aliphatic carbocycles. The van der Waals surface area contributed by atoms with Crippen molar-refractivity contribution in [1.29, 1.82) is 0 Å². The molecule has 0 unspecified atom stereocenters. The molecule has 1 aromatic carbocycles. The van der Waals surface area contributed by atoms with Gasteiger partial charge in [0.25, 0.3) is 5.91 Å². The van der Waals surface area contributed by atoms with Crippen LogP contribution in [0.1, 0.15) is 23.2 Å². The highest BCUT2D eigenvalue weighted by molar-refractivity contribution is 9.10. The molecule has 1 aliphatic heterocycles. The van der Waals surface area contributed by atoms with Crippen molar-refractivity contribution in [2.24, 2.45) is 5.92 Å². The van der Waals surface area contributed by atoms with Crippen molar-refractivity contribution in [3.8, 4) is 0 Å². The smallest absolute Gasteiger partial charge is 0.308 e. The molecule has 1 aromatic rings. The molecule has 0 saturated carbocycles. The number of likely N-dealkylation sites (tertiary alicyclic amines) is 1. The number of piperidine rings is 1. The van der Waals surface area contributed by atoms with Crippen molar-refractivity contribution in [2.45, 2.75) is 12.8 Å². The van der Waals surface area contributed by atoms with Crippen LogP contribution in [0.25, 0.3) is 0 Å². The molecule has 1 atom stereocenters. The number of amides is 1. The molecule has 1 N–H and O–H groups in total. The fraction of sp³-hybridized carbons (Fsp3) is 0.385. The van der Waals surface area contributed by atoms with E-state index < -0.39 is 35.0 Å². The van der Waals surface area contributed by atoms with E-state index in [0.717, 1.165) is 12.1 Å². The molecule has 0 spiro atoms. The molecule has 20 heavy (non-hydrogen) atoms. The van der Waals surface area contributed by atoms with Crippen molar-refractivity contribution in [3.63, 3.8) is 0 Å². The Morgan fingerprint density at radius 2 is 1.90 bits per heavy atom. The predicted octanol–water partition coefficient (Wildman–Crippen LogP) is 2.66. The van der Waals surface area contributed by atoms with Gasteiger partial charge in [0.05, 0.1) is 5.92 Å². The average Bonchev–Trinajstić information content (AvgIpc) is 2.37. The van der Waals surface area contributed by atoms with E-state index in [1.807, 2.05) is 0 Å². The van der Waals surface area contributed by atoms with Gasteiger partial charge in [-0.3, -0.25) is 9.59 Å². The van der Waals surface area contributed by atoms with Crippen LogP contribution < -0.4 is 0 Å². The van der Waals surface area contributed by atoms with Crippen LogP contribution in [0.3, 0.4) is 0 Å². The summed E-state index contributed by atoms with van der Waals surface area (Å²) < 4.78 is 27.7. The quantitative estimate of drug-likeness (QED) is 0.894. The molecule has 108 valence electrons. The van der Waals surface area contributed by atoms with E-state index in [4.69, 9.17) is 5.11 Å². The first kappa shape index (κ1) is 14.9. The van der Waals surface area contributed by atoms with Crippen LogP contribution in [0.15, 0.2) is 16.6 Å². The topological polar surface area (TPSA) is 57.6 Å². The molecule has 0 bridgehead atoms. The van der Waals surface area contributed by atoms with Gasteiger partial charge in [0.15, 0.2) is 0 Å². The van der Waals surface area contributed by atoms with Gasteiger partial charge in [-0.1, -0.05) is 15.9 Å². The van der Waals surface area contributed by atoms with Crippen LogP contribution in [-0.4, -0.2) is 35.0 Å². The Morgan fingerprint density at radius 1 is 1.30 bits per heavy atom. The van der Waals surface area contributed by atoms with Gasteiger partial charge < -0.3 is 10.0 Å². The highest BCUT2D eigenvalue weighted by Gasteiger charge is 2.31. The zero-order valence-corrected chi connectivity index (χ0v) is 12.0. The molecule has 1 aliphatic rings.